The number of hydrogen-bond donors (Lipinski definition) is 1. The van der Waals surface area contributed by atoms with Crippen LogP contribution in [-0.2, 0) is 16.6 Å². The Morgan fingerprint density at radius 1 is 1.14 bits per heavy atom. The summed E-state index contributed by atoms with van der Waals surface area (Å²) < 4.78 is 33.1. The summed E-state index contributed by atoms with van der Waals surface area (Å²) in [6.07, 6.45) is 1.84. The van der Waals surface area contributed by atoms with E-state index in [1.165, 1.54) is 23.5 Å². The van der Waals surface area contributed by atoms with Crippen molar-refractivity contribution in [2.45, 2.75) is 31.3 Å². The van der Waals surface area contributed by atoms with Crippen LogP contribution in [0.1, 0.15) is 19.4 Å². The monoisotopic (exact) mass is 418 g/mol. The van der Waals surface area contributed by atoms with Crippen molar-refractivity contribution in [1.82, 2.24) is 4.90 Å². The number of hydrogen-bond acceptors (Lipinski definition) is 5. The summed E-state index contributed by atoms with van der Waals surface area (Å²) in [5.74, 6) is 0.579. The van der Waals surface area contributed by atoms with Gasteiger partial charge in [0.15, 0.2) is 0 Å². The van der Waals surface area contributed by atoms with Crippen molar-refractivity contribution in [1.29, 1.82) is 0 Å². The first-order valence-corrected chi connectivity index (χ1v) is 11.0. The highest BCUT2D eigenvalue weighted by Gasteiger charge is 2.27. The minimum absolute atomic E-state index is 0.0332. The predicted octanol–water partition coefficient (Wildman–Crippen LogP) is 3.28. The highest BCUT2D eigenvalue weighted by Crippen LogP contribution is 2.29. The molecular formula is C22H30N2O4S. The van der Waals surface area contributed by atoms with E-state index >= 15 is 0 Å². The van der Waals surface area contributed by atoms with Crippen LogP contribution in [-0.4, -0.2) is 51.3 Å². The standard InChI is InChI=1S/C22H30N2O4S/c1-5-14-23(18(2)3)17-19-8-6-7-9-22(19)24(15-16-25)29(26,27)21-12-10-20(28-4)11-13-21/h5-13,18,25H,1,14-17H2,2-4H3. The maximum atomic E-state index is 13.4. The Morgan fingerprint density at radius 2 is 1.79 bits per heavy atom. The van der Waals surface area contributed by atoms with Crippen molar-refractivity contribution in [2.75, 3.05) is 31.1 Å². The molecule has 0 saturated heterocycles. The van der Waals surface area contributed by atoms with E-state index < -0.39 is 10.0 Å². The van der Waals surface area contributed by atoms with Crippen LogP contribution >= 0.6 is 0 Å². The number of aliphatic hydroxyl groups is 1. The molecule has 0 aliphatic rings. The number of para-hydroxylation sites is 1. The first-order chi connectivity index (χ1) is 13.8. The maximum Gasteiger partial charge on any atom is 0.264 e. The fourth-order valence-corrected chi connectivity index (χ4v) is 4.56. The average Bonchev–Trinajstić information content (AvgIpc) is 2.72. The molecule has 0 aliphatic carbocycles. The molecule has 29 heavy (non-hydrogen) atoms. The number of sulfonamides is 1. The van der Waals surface area contributed by atoms with E-state index in [0.717, 1.165) is 5.56 Å². The predicted molar refractivity (Wildman–Crippen MR) is 117 cm³/mol. The lowest BCUT2D eigenvalue weighted by atomic mass is 10.1. The Labute approximate surface area is 174 Å². The number of methoxy groups -OCH3 is 1. The number of anilines is 1. The van der Waals surface area contributed by atoms with E-state index in [9.17, 15) is 13.5 Å². The zero-order valence-corrected chi connectivity index (χ0v) is 18.1. The summed E-state index contributed by atoms with van der Waals surface area (Å²) in [4.78, 5) is 2.34. The summed E-state index contributed by atoms with van der Waals surface area (Å²) in [5.41, 5.74) is 1.43. The van der Waals surface area contributed by atoms with Crippen LogP contribution in [0.2, 0.25) is 0 Å². The molecule has 6 nitrogen and oxygen atoms in total. The topological polar surface area (TPSA) is 70.1 Å². The molecule has 2 rings (SSSR count). The Bertz CT molecular complexity index is 895. The lowest BCUT2D eigenvalue weighted by Gasteiger charge is -2.30. The molecule has 0 radical (unpaired) electrons. The third-order valence-corrected chi connectivity index (χ3v) is 6.51. The summed E-state index contributed by atoms with van der Waals surface area (Å²) in [6, 6.07) is 13.9. The van der Waals surface area contributed by atoms with Crippen LogP contribution in [0, 0.1) is 0 Å². The summed E-state index contributed by atoms with van der Waals surface area (Å²) in [6.45, 7) is 8.93. The summed E-state index contributed by atoms with van der Waals surface area (Å²) in [7, 11) is -2.32. The van der Waals surface area contributed by atoms with Crippen LogP contribution in [0.5, 0.6) is 5.75 Å². The molecule has 0 atom stereocenters. The van der Waals surface area contributed by atoms with Gasteiger partial charge in [-0.3, -0.25) is 9.21 Å². The Balaban J connectivity index is 2.48. The third kappa shape index (κ3) is 5.59. The molecule has 2 aromatic carbocycles. The van der Waals surface area contributed by atoms with Gasteiger partial charge in [0.25, 0.3) is 10.0 Å². The van der Waals surface area contributed by atoms with Crippen LogP contribution in [0.15, 0.2) is 66.1 Å². The van der Waals surface area contributed by atoms with Crippen LogP contribution in [0.25, 0.3) is 0 Å². The summed E-state index contributed by atoms with van der Waals surface area (Å²) >= 11 is 0. The number of aliphatic hydroxyl groups excluding tert-OH is 1. The van der Waals surface area contributed by atoms with E-state index in [1.807, 2.05) is 18.2 Å². The van der Waals surface area contributed by atoms with E-state index in [-0.39, 0.29) is 24.1 Å². The zero-order valence-electron chi connectivity index (χ0n) is 17.3. The second kappa shape index (κ2) is 10.4. The van der Waals surface area contributed by atoms with Gasteiger partial charge in [0.05, 0.1) is 30.8 Å². The first-order valence-electron chi connectivity index (χ1n) is 9.55. The quantitative estimate of drug-likeness (QED) is 0.567. The smallest absolute Gasteiger partial charge is 0.264 e. The molecule has 0 bridgehead atoms. The van der Waals surface area contributed by atoms with Gasteiger partial charge in [-0.2, -0.15) is 0 Å². The zero-order chi connectivity index (χ0) is 21.4. The van der Waals surface area contributed by atoms with Gasteiger partial charge in [-0.15, -0.1) is 6.58 Å². The fourth-order valence-electron chi connectivity index (χ4n) is 3.07. The molecule has 0 fully saturated rings. The number of rotatable bonds is 11. The van der Waals surface area contributed by atoms with Gasteiger partial charge < -0.3 is 9.84 Å². The number of benzene rings is 2. The Kier molecular flexibility index (Phi) is 8.25. The second-order valence-corrected chi connectivity index (χ2v) is 8.78. The van der Waals surface area contributed by atoms with Crippen molar-refractivity contribution in [3.63, 3.8) is 0 Å². The van der Waals surface area contributed by atoms with Crippen molar-refractivity contribution >= 4 is 15.7 Å². The molecular weight excluding hydrogens is 388 g/mol. The van der Waals surface area contributed by atoms with Gasteiger partial charge in [0.1, 0.15) is 5.75 Å². The molecule has 1 N–H and O–H groups in total. The SMILES string of the molecule is C=CCN(Cc1ccccc1N(CCO)S(=O)(=O)c1ccc(OC)cc1)C(C)C. The van der Waals surface area contributed by atoms with Gasteiger partial charge in [0.2, 0.25) is 0 Å². The van der Waals surface area contributed by atoms with E-state index in [1.54, 1.807) is 24.3 Å². The Hall–Kier alpha value is -2.35. The minimum Gasteiger partial charge on any atom is -0.497 e. The minimum atomic E-state index is -3.85. The molecule has 0 heterocycles. The number of nitrogens with zero attached hydrogens (tertiary/aromatic N) is 2. The Morgan fingerprint density at radius 3 is 2.34 bits per heavy atom. The summed E-state index contributed by atoms with van der Waals surface area (Å²) in [5, 5.41) is 9.59. The maximum absolute atomic E-state index is 13.4. The van der Waals surface area contributed by atoms with E-state index in [0.29, 0.717) is 24.5 Å². The van der Waals surface area contributed by atoms with Crippen LogP contribution in [0.4, 0.5) is 5.69 Å². The molecule has 0 amide bonds. The highest BCUT2D eigenvalue weighted by atomic mass is 32.2. The van der Waals surface area contributed by atoms with Crippen LogP contribution in [0.3, 0.4) is 0 Å². The fraction of sp³-hybridized carbons (Fsp3) is 0.364. The molecule has 2 aromatic rings. The van der Waals surface area contributed by atoms with Crippen molar-refractivity contribution in [3.05, 3.63) is 66.7 Å². The lowest BCUT2D eigenvalue weighted by Crippen LogP contribution is -2.36. The molecule has 0 aliphatic heterocycles. The largest absolute Gasteiger partial charge is 0.497 e. The van der Waals surface area contributed by atoms with Gasteiger partial charge >= 0.3 is 0 Å². The van der Waals surface area contributed by atoms with Gasteiger partial charge in [-0.05, 0) is 49.7 Å². The number of ether oxygens (including phenoxy) is 1. The normalized spacial score (nSPS) is 11.7. The average molecular weight is 419 g/mol. The molecule has 0 unspecified atom stereocenters. The van der Waals surface area contributed by atoms with Gasteiger partial charge in [-0.1, -0.05) is 24.3 Å². The third-order valence-electron chi connectivity index (χ3n) is 4.68. The van der Waals surface area contributed by atoms with E-state index in [2.05, 4.69) is 25.3 Å². The molecule has 0 aromatic heterocycles. The van der Waals surface area contributed by atoms with Gasteiger partial charge in [-0.25, -0.2) is 8.42 Å². The molecule has 7 heteroatoms. The first kappa shape index (κ1) is 22.9. The van der Waals surface area contributed by atoms with Crippen LogP contribution < -0.4 is 9.04 Å². The van der Waals surface area contributed by atoms with Crippen molar-refractivity contribution in [2.24, 2.45) is 0 Å². The van der Waals surface area contributed by atoms with Gasteiger partial charge in [0, 0.05) is 19.1 Å². The highest BCUT2D eigenvalue weighted by molar-refractivity contribution is 7.92. The lowest BCUT2D eigenvalue weighted by molar-refractivity contribution is 0.237. The van der Waals surface area contributed by atoms with Crippen molar-refractivity contribution in [3.8, 4) is 5.75 Å². The van der Waals surface area contributed by atoms with Crippen molar-refractivity contribution < 1.29 is 18.3 Å². The molecule has 158 valence electrons. The van der Waals surface area contributed by atoms with E-state index in [4.69, 9.17) is 4.74 Å². The molecule has 0 saturated carbocycles. The molecule has 0 spiro atoms. The second-order valence-electron chi connectivity index (χ2n) is 6.92.